The monoisotopic (exact) mass is 276 g/mol. The van der Waals surface area contributed by atoms with Gasteiger partial charge in [-0.1, -0.05) is 37.1 Å². The zero-order valence-electron chi connectivity index (χ0n) is 12.5. The van der Waals surface area contributed by atoms with Gasteiger partial charge in [0.05, 0.1) is 18.6 Å². The third-order valence-electron chi connectivity index (χ3n) is 4.08. The Bertz CT molecular complexity index is 447. The zero-order chi connectivity index (χ0) is 14.4. The highest BCUT2D eigenvalue weighted by Crippen LogP contribution is 2.42. The normalized spacial score (nSPS) is 17.1. The fourth-order valence-corrected chi connectivity index (χ4v) is 3.04. The van der Waals surface area contributed by atoms with Crippen LogP contribution in [-0.2, 0) is 26.3 Å². The third kappa shape index (κ3) is 3.04. The maximum absolute atomic E-state index is 12.4. The SMILES string of the molecule is CCOCc1cccc(C2(C(=O)OCC)CCCC2)c1. The summed E-state index contributed by atoms with van der Waals surface area (Å²) < 4.78 is 10.8. The summed E-state index contributed by atoms with van der Waals surface area (Å²) in [5.74, 6) is -0.0638. The summed E-state index contributed by atoms with van der Waals surface area (Å²) in [5, 5.41) is 0. The number of rotatable bonds is 6. The Labute approximate surface area is 121 Å². The molecule has 0 aliphatic heterocycles. The van der Waals surface area contributed by atoms with Crippen LogP contribution in [0.2, 0.25) is 0 Å². The molecule has 2 rings (SSSR count). The first kappa shape index (κ1) is 15.0. The van der Waals surface area contributed by atoms with Gasteiger partial charge in [-0.05, 0) is 37.8 Å². The highest BCUT2D eigenvalue weighted by Gasteiger charge is 2.44. The Kier molecular flexibility index (Phi) is 5.18. The molecule has 1 fully saturated rings. The van der Waals surface area contributed by atoms with Crippen LogP contribution in [-0.4, -0.2) is 19.2 Å². The van der Waals surface area contributed by atoms with E-state index in [1.54, 1.807) is 0 Å². The van der Waals surface area contributed by atoms with Crippen LogP contribution in [0.1, 0.15) is 50.7 Å². The van der Waals surface area contributed by atoms with E-state index in [2.05, 4.69) is 12.1 Å². The maximum Gasteiger partial charge on any atom is 0.316 e. The molecular weight excluding hydrogens is 252 g/mol. The Morgan fingerprint density at radius 2 is 1.95 bits per heavy atom. The fourth-order valence-electron chi connectivity index (χ4n) is 3.04. The van der Waals surface area contributed by atoms with Crippen molar-refractivity contribution in [3.8, 4) is 0 Å². The van der Waals surface area contributed by atoms with Crippen molar-refractivity contribution >= 4 is 5.97 Å². The highest BCUT2D eigenvalue weighted by atomic mass is 16.5. The molecule has 0 atom stereocenters. The van der Waals surface area contributed by atoms with Gasteiger partial charge in [-0.15, -0.1) is 0 Å². The molecule has 0 bridgehead atoms. The van der Waals surface area contributed by atoms with Crippen LogP contribution in [0.15, 0.2) is 24.3 Å². The number of carbonyl (C=O) groups is 1. The average Bonchev–Trinajstić information content (AvgIpc) is 2.96. The van der Waals surface area contributed by atoms with Crippen molar-refractivity contribution < 1.29 is 14.3 Å². The summed E-state index contributed by atoms with van der Waals surface area (Å²) in [6.07, 6.45) is 3.97. The average molecular weight is 276 g/mol. The lowest BCUT2D eigenvalue weighted by molar-refractivity contribution is -0.150. The van der Waals surface area contributed by atoms with Gasteiger partial charge in [0.1, 0.15) is 0 Å². The van der Waals surface area contributed by atoms with Crippen molar-refractivity contribution in [2.45, 2.75) is 51.6 Å². The van der Waals surface area contributed by atoms with Crippen molar-refractivity contribution in [2.75, 3.05) is 13.2 Å². The fraction of sp³-hybridized carbons (Fsp3) is 0.588. The van der Waals surface area contributed by atoms with E-state index >= 15 is 0 Å². The van der Waals surface area contributed by atoms with Gasteiger partial charge in [0.15, 0.2) is 0 Å². The Balaban J connectivity index is 2.27. The molecule has 3 nitrogen and oxygen atoms in total. The minimum Gasteiger partial charge on any atom is -0.465 e. The minimum absolute atomic E-state index is 0.0638. The molecule has 1 aliphatic rings. The molecule has 1 aromatic carbocycles. The third-order valence-corrected chi connectivity index (χ3v) is 4.08. The smallest absolute Gasteiger partial charge is 0.316 e. The van der Waals surface area contributed by atoms with Crippen molar-refractivity contribution in [3.63, 3.8) is 0 Å². The Morgan fingerprint density at radius 1 is 1.20 bits per heavy atom. The predicted molar refractivity (Wildman–Crippen MR) is 78.6 cm³/mol. The van der Waals surface area contributed by atoms with Gasteiger partial charge in [0.25, 0.3) is 0 Å². The van der Waals surface area contributed by atoms with Crippen LogP contribution >= 0.6 is 0 Å². The number of ether oxygens (including phenoxy) is 2. The molecule has 0 amide bonds. The molecule has 1 aromatic rings. The number of esters is 1. The van der Waals surface area contributed by atoms with Crippen LogP contribution < -0.4 is 0 Å². The first-order chi connectivity index (χ1) is 9.73. The molecule has 0 saturated heterocycles. The van der Waals surface area contributed by atoms with Crippen LogP contribution in [0.4, 0.5) is 0 Å². The quantitative estimate of drug-likeness (QED) is 0.745. The summed E-state index contributed by atoms with van der Waals surface area (Å²) in [7, 11) is 0. The van der Waals surface area contributed by atoms with E-state index in [0.717, 1.165) is 36.8 Å². The lowest BCUT2D eigenvalue weighted by Gasteiger charge is -2.27. The van der Waals surface area contributed by atoms with E-state index in [4.69, 9.17) is 9.47 Å². The van der Waals surface area contributed by atoms with Gasteiger partial charge in [0.2, 0.25) is 0 Å². The van der Waals surface area contributed by atoms with Gasteiger partial charge < -0.3 is 9.47 Å². The Morgan fingerprint density at radius 3 is 2.60 bits per heavy atom. The van der Waals surface area contributed by atoms with Gasteiger partial charge in [-0.2, -0.15) is 0 Å². The van der Waals surface area contributed by atoms with Crippen LogP contribution in [0.25, 0.3) is 0 Å². The molecule has 0 heterocycles. The number of hydrogen-bond donors (Lipinski definition) is 0. The topological polar surface area (TPSA) is 35.5 Å². The molecule has 1 aliphatic carbocycles. The maximum atomic E-state index is 12.4. The van der Waals surface area contributed by atoms with E-state index < -0.39 is 5.41 Å². The zero-order valence-corrected chi connectivity index (χ0v) is 12.5. The molecule has 0 aromatic heterocycles. The van der Waals surface area contributed by atoms with Gasteiger partial charge in [-0.25, -0.2) is 0 Å². The summed E-state index contributed by atoms with van der Waals surface area (Å²) in [6, 6.07) is 8.23. The molecule has 20 heavy (non-hydrogen) atoms. The molecule has 0 radical (unpaired) electrons. The second-order valence-corrected chi connectivity index (χ2v) is 5.35. The first-order valence-corrected chi connectivity index (χ1v) is 7.57. The number of benzene rings is 1. The molecular formula is C17H24O3. The summed E-state index contributed by atoms with van der Waals surface area (Å²) in [6.45, 7) is 5.60. The highest BCUT2D eigenvalue weighted by molar-refractivity contribution is 5.83. The van der Waals surface area contributed by atoms with Crippen molar-refractivity contribution in [1.82, 2.24) is 0 Å². The summed E-state index contributed by atoms with van der Waals surface area (Å²) in [5.41, 5.74) is 1.78. The van der Waals surface area contributed by atoms with Crippen molar-refractivity contribution in [1.29, 1.82) is 0 Å². The lowest BCUT2D eigenvalue weighted by atomic mass is 9.78. The molecule has 1 saturated carbocycles. The molecule has 3 heteroatoms. The van der Waals surface area contributed by atoms with E-state index in [0.29, 0.717) is 19.8 Å². The van der Waals surface area contributed by atoms with Gasteiger partial charge in [0, 0.05) is 6.61 Å². The predicted octanol–water partition coefficient (Wildman–Crippen LogP) is 3.60. The second kappa shape index (κ2) is 6.89. The Hall–Kier alpha value is -1.35. The van der Waals surface area contributed by atoms with E-state index in [1.165, 1.54) is 0 Å². The van der Waals surface area contributed by atoms with Gasteiger partial charge >= 0.3 is 5.97 Å². The second-order valence-electron chi connectivity index (χ2n) is 5.35. The number of carbonyl (C=O) groups excluding carboxylic acids is 1. The molecule has 0 unspecified atom stereocenters. The summed E-state index contributed by atoms with van der Waals surface area (Å²) in [4.78, 5) is 12.4. The standard InChI is InChI=1S/C17H24O3/c1-3-19-13-14-8-7-9-15(12-14)17(10-5-6-11-17)16(18)20-4-2/h7-9,12H,3-6,10-11,13H2,1-2H3. The minimum atomic E-state index is -0.432. The van der Waals surface area contributed by atoms with E-state index in [9.17, 15) is 4.79 Å². The first-order valence-electron chi connectivity index (χ1n) is 7.57. The molecule has 110 valence electrons. The van der Waals surface area contributed by atoms with E-state index in [-0.39, 0.29) is 5.97 Å². The van der Waals surface area contributed by atoms with E-state index in [1.807, 2.05) is 26.0 Å². The van der Waals surface area contributed by atoms with Crippen LogP contribution in [0, 0.1) is 0 Å². The molecule has 0 N–H and O–H groups in total. The van der Waals surface area contributed by atoms with Crippen LogP contribution in [0.5, 0.6) is 0 Å². The van der Waals surface area contributed by atoms with Crippen molar-refractivity contribution in [3.05, 3.63) is 35.4 Å². The lowest BCUT2D eigenvalue weighted by Crippen LogP contribution is -2.34. The number of hydrogen-bond acceptors (Lipinski definition) is 3. The van der Waals surface area contributed by atoms with Gasteiger partial charge in [-0.3, -0.25) is 4.79 Å². The van der Waals surface area contributed by atoms with Crippen LogP contribution in [0.3, 0.4) is 0 Å². The summed E-state index contributed by atoms with van der Waals surface area (Å²) >= 11 is 0. The largest absolute Gasteiger partial charge is 0.465 e. The molecule has 0 spiro atoms. The van der Waals surface area contributed by atoms with Crippen molar-refractivity contribution in [2.24, 2.45) is 0 Å².